The van der Waals surface area contributed by atoms with E-state index in [0.717, 1.165) is 39.1 Å². The number of rotatable bonds is 6. The highest BCUT2D eigenvalue weighted by Gasteiger charge is 2.35. The molecule has 3 aliphatic rings. The van der Waals surface area contributed by atoms with Crippen molar-refractivity contribution in [3.8, 4) is 0 Å². The molecule has 0 aromatic carbocycles. The molecule has 2 aliphatic heterocycles. The first-order chi connectivity index (χ1) is 14.2. The second kappa shape index (κ2) is 10.0. The van der Waals surface area contributed by atoms with Crippen molar-refractivity contribution in [3.05, 3.63) is 30.1 Å². The van der Waals surface area contributed by atoms with E-state index in [-0.39, 0.29) is 5.92 Å². The first kappa shape index (κ1) is 20.8. The van der Waals surface area contributed by atoms with Crippen LogP contribution < -0.4 is 0 Å². The Bertz CT molecular complexity index is 638. The van der Waals surface area contributed by atoms with Gasteiger partial charge in [0.1, 0.15) is 0 Å². The van der Waals surface area contributed by atoms with Gasteiger partial charge >= 0.3 is 0 Å². The van der Waals surface area contributed by atoms with E-state index in [2.05, 4.69) is 38.7 Å². The molecule has 3 fully saturated rings. The summed E-state index contributed by atoms with van der Waals surface area (Å²) in [5.74, 6) is 0.665. The minimum atomic E-state index is 0.221. The molecule has 0 radical (unpaired) electrons. The lowest BCUT2D eigenvalue weighted by molar-refractivity contribution is -0.140. The predicted molar refractivity (Wildman–Crippen MR) is 116 cm³/mol. The summed E-state index contributed by atoms with van der Waals surface area (Å²) in [7, 11) is 0. The summed E-state index contributed by atoms with van der Waals surface area (Å²) in [5.41, 5.74) is 1.36. The lowest BCUT2D eigenvalue weighted by Gasteiger charge is -2.43. The number of hydrogen-bond donors (Lipinski definition) is 0. The molecule has 160 valence electrons. The Hall–Kier alpha value is -1.46. The van der Waals surface area contributed by atoms with Gasteiger partial charge in [-0.15, -0.1) is 0 Å². The van der Waals surface area contributed by atoms with Gasteiger partial charge in [-0.05, 0) is 82.8 Å². The van der Waals surface area contributed by atoms with Crippen LogP contribution in [0.5, 0.6) is 0 Å². The zero-order chi connectivity index (χ0) is 20.1. The Kier molecular flexibility index (Phi) is 7.20. The molecular formula is C24H38N4O. The number of aromatic nitrogens is 1. The van der Waals surface area contributed by atoms with Crippen molar-refractivity contribution in [2.24, 2.45) is 5.92 Å². The second-order valence-corrected chi connectivity index (χ2v) is 9.26. The van der Waals surface area contributed by atoms with Gasteiger partial charge in [0, 0.05) is 44.1 Å². The topological polar surface area (TPSA) is 39.7 Å². The molecular weight excluding hydrogens is 360 g/mol. The molecule has 3 heterocycles. The molecule has 29 heavy (non-hydrogen) atoms. The average molecular weight is 399 g/mol. The van der Waals surface area contributed by atoms with Crippen LogP contribution in [0.2, 0.25) is 0 Å². The van der Waals surface area contributed by atoms with Crippen LogP contribution in [0.15, 0.2) is 24.5 Å². The number of hydrogen-bond acceptors (Lipinski definition) is 4. The number of pyridine rings is 1. The third-order valence-electron chi connectivity index (χ3n) is 7.42. The van der Waals surface area contributed by atoms with Crippen LogP contribution in [-0.2, 0) is 11.3 Å². The van der Waals surface area contributed by atoms with Crippen LogP contribution >= 0.6 is 0 Å². The van der Waals surface area contributed by atoms with Crippen molar-refractivity contribution in [2.75, 3.05) is 32.7 Å². The number of carbonyl (C=O) groups excluding carboxylic acids is 1. The van der Waals surface area contributed by atoms with Crippen molar-refractivity contribution >= 4 is 5.91 Å². The Morgan fingerprint density at radius 2 is 1.76 bits per heavy atom. The number of amides is 1. The third-order valence-corrected chi connectivity index (χ3v) is 7.42. The first-order valence-corrected chi connectivity index (χ1v) is 11.9. The van der Waals surface area contributed by atoms with E-state index >= 15 is 0 Å². The normalized spacial score (nSPS) is 25.3. The highest BCUT2D eigenvalue weighted by molar-refractivity contribution is 5.79. The minimum absolute atomic E-state index is 0.221. The Balaban J connectivity index is 1.28. The summed E-state index contributed by atoms with van der Waals surface area (Å²) >= 11 is 0. The van der Waals surface area contributed by atoms with E-state index in [1.807, 2.05) is 12.4 Å². The molecule has 4 rings (SSSR count). The van der Waals surface area contributed by atoms with Gasteiger partial charge < -0.3 is 4.90 Å². The number of likely N-dealkylation sites (tertiary alicyclic amines) is 2. The van der Waals surface area contributed by atoms with Gasteiger partial charge in [-0.2, -0.15) is 0 Å². The predicted octanol–water partition coefficient (Wildman–Crippen LogP) is 3.55. The van der Waals surface area contributed by atoms with Gasteiger partial charge in [-0.1, -0.05) is 12.8 Å². The largest absolute Gasteiger partial charge is 0.340 e. The highest BCUT2D eigenvalue weighted by atomic mass is 16.2. The summed E-state index contributed by atoms with van der Waals surface area (Å²) < 4.78 is 0. The van der Waals surface area contributed by atoms with E-state index in [4.69, 9.17) is 0 Å². The molecule has 1 aliphatic carbocycles. The van der Waals surface area contributed by atoms with Gasteiger partial charge in [0.2, 0.25) is 5.91 Å². The molecule has 1 aromatic rings. The maximum absolute atomic E-state index is 13.3. The monoisotopic (exact) mass is 398 g/mol. The number of nitrogens with zero attached hydrogens (tertiary/aromatic N) is 4. The van der Waals surface area contributed by atoms with Crippen molar-refractivity contribution in [3.63, 3.8) is 0 Å². The van der Waals surface area contributed by atoms with Gasteiger partial charge in [-0.25, -0.2) is 0 Å². The van der Waals surface area contributed by atoms with Gasteiger partial charge in [0.25, 0.3) is 0 Å². The fraction of sp³-hybridized carbons (Fsp3) is 0.750. The first-order valence-electron chi connectivity index (χ1n) is 11.9. The standard InChI is InChI=1S/C24H38N4O/c1-2-28(23-7-3-4-8-23)24(29)21-6-5-15-27(19-21)22-11-16-26(17-12-22)18-20-9-13-25-14-10-20/h9-10,13-14,21-23H,2-8,11-12,15-19H2,1H3/t21-/m1/s1. The summed E-state index contributed by atoms with van der Waals surface area (Å²) in [6.07, 6.45) is 13.5. The number of carbonyl (C=O) groups is 1. The quantitative estimate of drug-likeness (QED) is 0.735. The van der Waals surface area contributed by atoms with Crippen LogP contribution in [-0.4, -0.2) is 70.4 Å². The molecule has 1 saturated carbocycles. The molecule has 1 atom stereocenters. The fourth-order valence-corrected chi connectivity index (χ4v) is 5.77. The zero-order valence-corrected chi connectivity index (χ0v) is 18.1. The summed E-state index contributed by atoms with van der Waals surface area (Å²) in [5, 5.41) is 0. The van der Waals surface area contributed by atoms with E-state index in [9.17, 15) is 4.79 Å². The van der Waals surface area contributed by atoms with E-state index in [1.165, 1.54) is 57.1 Å². The molecule has 0 bridgehead atoms. The average Bonchev–Trinajstić information content (AvgIpc) is 3.30. The molecule has 0 unspecified atom stereocenters. The maximum Gasteiger partial charge on any atom is 0.227 e. The van der Waals surface area contributed by atoms with Gasteiger partial charge in [0.15, 0.2) is 0 Å². The van der Waals surface area contributed by atoms with Crippen molar-refractivity contribution in [1.82, 2.24) is 19.7 Å². The van der Waals surface area contributed by atoms with Crippen LogP contribution in [0.4, 0.5) is 0 Å². The fourth-order valence-electron chi connectivity index (χ4n) is 5.77. The molecule has 0 spiro atoms. The molecule has 0 N–H and O–H groups in total. The molecule has 1 amide bonds. The SMILES string of the molecule is CCN(C(=O)[C@@H]1CCCN(C2CCN(Cc3ccncc3)CC2)C1)C1CCCC1. The highest BCUT2D eigenvalue weighted by Crippen LogP contribution is 2.29. The van der Waals surface area contributed by atoms with Crippen LogP contribution in [0.25, 0.3) is 0 Å². The van der Waals surface area contributed by atoms with E-state index in [0.29, 0.717) is 18.0 Å². The van der Waals surface area contributed by atoms with Crippen LogP contribution in [0.3, 0.4) is 0 Å². The lowest BCUT2D eigenvalue weighted by atomic mass is 9.92. The lowest BCUT2D eigenvalue weighted by Crippen LogP contribution is -2.52. The second-order valence-electron chi connectivity index (χ2n) is 9.26. The number of piperidine rings is 2. The van der Waals surface area contributed by atoms with Crippen molar-refractivity contribution in [2.45, 2.75) is 76.9 Å². The summed E-state index contributed by atoms with van der Waals surface area (Å²) in [6.45, 7) is 8.55. The van der Waals surface area contributed by atoms with Gasteiger partial charge in [-0.3, -0.25) is 19.6 Å². The van der Waals surface area contributed by atoms with E-state index in [1.54, 1.807) is 0 Å². The van der Waals surface area contributed by atoms with Crippen molar-refractivity contribution < 1.29 is 4.79 Å². The summed E-state index contributed by atoms with van der Waals surface area (Å²) in [6, 6.07) is 5.41. The minimum Gasteiger partial charge on any atom is -0.340 e. The Morgan fingerprint density at radius 1 is 1.03 bits per heavy atom. The maximum atomic E-state index is 13.3. The van der Waals surface area contributed by atoms with Crippen LogP contribution in [0, 0.1) is 5.92 Å². The Morgan fingerprint density at radius 3 is 2.45 bits per heavy atom. The third kappa shape index (κ3) is 5.18. The van der Waals surface area contributed by atoms with Crippen LogP contribution in [0.1, 0.15) is 63.9 Å². The van der Waals surface area contributed by atoms with Gasteiger partial charge in [0.05, 0.1) is 5.92 Å². The molecule has 2 saturated heterocycles. The summed E-state index contributed by atoms with van der Waals surface area (Å²) in [4.78, 5) is 24.8. The molecule has 5 nitrogen and oxygen atoms in total. The Labute approximate surface area is 176 Å². The zero-order valence-electron chi connectivity index (χ0n) is 18.1. The molecule has 1 aromatic heterocycles. The molecule has 5 heteroatoms. The van der Waals surface area contributed by atoms with Crippen molar-refractivity contribution in [1.29, 1.82) is 0 Å². The van der Waals surface area contributed by atoms with E-state index < -0.39 is 0 Å². The smallest absolute Gasteiger partial charge is 0.227 e.